The van der Waals surface area contributed by atoms with Crippen molar-refractivity contribution in [3.05, 3.63) is 41.7 Å². The van der Waals surface area contributed by atoms with Crippen molar-refractivity contribution >= 4 is 17.5 Å². The van der Waals surface area contributed by atoms with Crippen LogP contribution in [0.15, 0.2) is 30.3 Å². The highest BCUT2D eigenvalue weighted by molar-refractivity contribution is 6.00. The van der Waals surface area contributed by atoms with Crippen molar-refractivity contribution in [1.82, 2.24) is 15.1 Å². The van der Waals surface area contributed by atoms with Crippen LogP contribution in [0.4, 0.5) is 5.69 Å². The number of hydrogen-bond donors (Lipinski definition) is 2. The predicted octanol–water partition coefficient (Wildman–Crippen LogP) is 1.10. The van der Waals surface area contributed by atoms with Gasteiger partial charge in [0.25, 0.3) is 0 Å². The lowest BCUT2D eigenvalue weighted by atomic mass is 10.1. The molecule has 126 valence electrons. The summed E-state index contributed by atoms with van der Waals surface area (Å²) in [6, 6.07) is 8.41. The van der Waals surface area contributed by atoms with Gasteiger partial charge in [-0.15, -0.1) is 0 Å². The Kier molecular flexibility index (Phi) is 4.24. The van der Waals surface area contributed by atoms with E-state index in [-0.39, 0.29) is 24.0 Å². The Bertz CT molecular complexity index is 784. The fourth-order valence-electron chi connectivity index (χ4n) is 2.95. The molecule has 1 aromatic heterocycles. The molecule has 1 aromatic carbocycles. The number of nitrogens with zero attached hydrogens (tertiary/aromatic N) is 3. The average Bonchev–Trinajstić information content (AvgIpc) is 3.07. The lowest BCUT2D eigenvalue weighted by Crippen LogP contribution is -2.33. The fraction of sp³-hybridized carbons (Fsp3) is 0.353. The van der Waals surface area contributed by atoms with Crippen LogP contribution >= 0.6 is 0 Å². The van der Waals surface area contributed by atoms with Crippen molar-refractivity contribution in [3.8, 4) is 5.75 Å². The molecule has 0 radical (unpaired) electrons. The van der Waals surface area contributed by atoms with Crippen molar-refractivity contribution in [2.75, 3.05) is 11.4 Å². The van der Waals surface area contributed by atoms with Gasteiger partial charge in [-0.3, -0.25) is 14.3 Å². The molecular formula is C17H20N4O3. The zero-order valence-corrected chi connectivity index (χ0v) is 13.7. The maximum Gasteiger partial charge on any atom is 0.227 e. The molecule has 2 N–H and O–H groups in total. The number of phenolic OH excluding ortho intramolecular Hbond substituents is 1. The predicted molar refractivity (Wildman–Crippen MR) is 88.4 cm³/mol. The van der Waals surface area contributed by atoms with E-state index >= 15 is 0 Å². The van der Waals surface area contributed by atoms with Crippen LogP contribution < -0.4 is 10.2 Å². The number of aromatic hydroxyl groups is 1. The highest BCUT2D eigenvalue weighted by Gasteiger charge is 2.35. The first-order valence-corrected chi connectivity index (χ1v) is 7.80. The number of aromatic nitrogens is 2. The smallest absolute Gasteiger partial charge is 0.227 e. The van der Waals surface area contributed by atoms with E-state index in [1.807, 2.05) is 20.0 Å². The number of carbonyl (C=O) groups excluding carboxylic acids is 2. The van der Waals surface area contributed by atoms with Gasteiger partial charge in [0.2, 0.25) is 11.8 Å². The van der Waals surface area contributed by atoms with Crippen molar-refractivity contribution in [2.45, 2.75) is 19.9 Å². The Balaban J connectivity index is 1.62. The molecule has 1 atom stereocenters. The number of anilines is 1. The first kappa shape index (κ1) is 16.0. The van der Waals surface area contributed by atoms with Gasteiger partial charge in [0.15, 0.2) is 0 Å². The maximum atomic E-state index is 12.4. The Morgan fingerprint density at radius 3 is 2.88 bits per heavy atom. The van der Waals surface area contributed by atoms with E-state index in [9.17, 15) is 14.7 Å². The van der Waals surface area contributed by atoms with Gasteiger partial charge < -0.3 is 15.3 Å². The van der Waals surface area contributed by atoms with Crippen LogP contribution in [0.1, 0.15) is 17.8 Å². The minimum atomic E-state index is -0.394. The standard InChI is InChI=1S/C17H20N4O3/c1-11-6-14(20(2)19-11)9-18-17(24)12-7-16(23)21(10-12)13-4-3-5-15(22)8-13/h3-6,8,12,22H,7,9-10H2,1-2H3,(H,18,24)/t12-/m0/s1. The van der Waals surface area contributed by atoms with Crippen molar-refractivity contribution in [1.29, 1.82) is 0 Å². The number of rotatable bonds is 4. The summed E-state index contributed by atoms with van der Waals surface area (Å²) in [4.78, 5) is 26.1. The van der Waals surface area contributed by atoms with Crippen LogP contribution in [-0.2, 0) is 23.2 Å². The SMILES string of the molecule is Cc1cc(CNC(=O)[C@H]2CC(=O)N(c3cccc(O)c3)C2)n(C)n1. The van der Waals surface area contributed by atoms with Crippen LogP contribution in [0.2, 0.25) is 0 Å². The molecule has 24 heavy (non-hydrogen) atoms. The molecule has 2 heterocycles. The van der Waals surface area contributed by atoms with E-state index in [0.29, 0.717) is 18.8 Å². The Morgan fingerprint density at radius 1 is 1.42 bits per heavy atom. The zero-order valence-electron chi connectivity index (χ0n) is 13.7. The highest BCUT2D eigenvalue weighted by Crippen LogP contribution is 2.27. The van der Waals surface area contributed by atoms with Crippen LogP contribution in [-0.4, -0.2) is 33.2 Å². The molecule has 7 nitrogen and oxygen atoms in total. The summed E-state index contributed by atoms with van der Waals surface area (Å²) in [5, 5.41) is 16.7. The molecule has 2 aromatic rings. The number of amides is 2. The van der Waals surface area contributed by atoms with Crippen LogP contribution in [0, 0.1) is 12.8 Å². The second-order valence-electron chi connectivity index (χ2n) is 6.04. The largest absolute Gasteiger partial charge is 0.508 e. The van der Waals surface area contributed by atoms with Crippen molar-refractivity contribution < 1.29 is 14.7 Å². The summed E-state index contributed by atoms with van der Waals surface area (Å²) < 4.78 is 1.73. The molecular weight excluding hydrogens is 308 g/mol. The number of carbonyl (C=O) groups is 2. The van der Waals surface area contributed by atoms with Crippen LogP contribution in [0.3, 0.4) is 0 Å². The number of phenols is 1. The van der Waals surface area contributed by atoms with Gasteiger partial charge in [0, 0.05) is 31.8 Å². The summed E-state index contributed by atoms with van der Waals surface area (Å²) in [6.45, 7) is 2.60. The average molecular weight is 328 g/mol. The molecule has 1 fully saturated rings. The molecule has 3 rings (SSSR count). The monoisotopic (exact) mass is 328 g/mol. The summed E-state index contributed by atoms with van der Waals surface area (Å²) in [5.41, 5.74) is 2.42. The molecule has 1 saturated heterocycles. The van der Waals surface area contributed by atoms with Gasteiger partial charge in [0.05, 0.1) is 23.9 Å². The van der Waals surface area contributed by atoms with Gasteiger partial charge in [-0.25, -0.2) is 0 Å². The third-order valence-corrected chi connectivity index (χ3v) is 4.18. The Morgan fingerprint density at radius 2 is 2.21 bits per heavy atom. The first-order valence-electron chi connectivity index (χ1n) is 7.80. The highest BCUT2D eigenvalue weighted by atomic mass is 16.3. The van der Waals surface area contributed by atoms with Gasteiger partial charge in [-0.05, 0) is 25.1 Å². The molecule has 0 spiro atoms. The van der Waals surface area contributed by atoms with E-state index < -0.39 is 5.92 Å². The number of hydrogen-bond acceptors (Lipinski definition) is 4. The van der Waals surface area contributed by atoms with Gasteiger partial charge in [-0.1, -0.05) is 6.07 Å². The third-order valence-electron chi connectivity index (χ3n) is 4.18. The molecule has 1 aliphatic rings. The normalized spacial score (nSPS) is 17.3. The quantitative estimate of drug-likeness (QED) is 0.880. The molecule has 0 aliphatic carbocycles. The van der Waals surface area contributed by atoms with E-state index in [4.69, 9.17) is 0 Å². The number of nitrogens with one attached hydrogen (secondary N) is 1. The van der Waals surface area contributed by atoms with Crippen molar-refractivity contribution in [3.63, 3.8) is 0 Å². The second kappa shape index (κ2) is 6.35. The zero-order chi connectivity index (χ0) is 17.3. The van der Waals surface area contributed by atoms with Crippen molar-refractivity contribution in [2.24, 2.45) is 13.0 Å². The molecule has 1 aliphatic heterocycles. The lowest BCUT2D eigenvalue weighted by molar-refractivity contribution is -0.126. The van der Waals surface area contributed by atoms with E-state index in [0.717, 1.165) is 11.4 Å². The molecule has 7 heteroatoms. The minimum Gasteiger partial charge on any atom is -0.508 e. The molecule has 0 saturated carbocycles. The summed E-state index contributed by atoms with van der Waals surface area (Å²) in [5.74, 6) is -0.559. The Labute approximate surface area is 139 Å². The summed E-state index contributed by atoms with van der Waals surface area (Å²) >= 11 is 0. The fourth-order valence-corrected chi connectivity index (χ4v) is 2.95. The van der Waals surface area contributed by atoms with E-state index in [1.54, 1.807) is 22.9 Å². The molecule has 0 unspecified atom stereocenters. The van der Waals surface area contributed by atoms with Crippen LogP contribution in [0.25, 0.3) is 0 Å². The first-order chi connectivity index (χ1) is 11.4. The second-order valence-corrected chi connectivity index (χ2v) is 6.04. The Hall–Kier alpha value is -2.83. The maximum absolute atomic E-state index is 12.4. The van der Waals surface area contributed by atoms with Crippen LogP contribution in [0.5, 0.6) is 5.75 Å². The van der Waals surface area contributed by atoms with E-state index in [1.165, 1.54) is 11.0 Å². The minimum absolute atomic E-state index is 0.0970. The van der Waals surface area contributed by atoms with Gasteiger partial charge >= 0.3 is 0 Å². The van der Waals surface area contributed by atoms with Gasteiger partial charge in [0.1, 0.15) is 5.75 Å². The van der Waals surface area contributed by atoms with E-state index in [2.05, 4.69) is 10.4 Å². The lowest BCUT2D eigenvalue weighted by Gasteiger charge is -2.17. The summed E-state index contributed by atoms with van der Waals surface area (Å²) in [6.07, 6.45) is 0.173. The topological polar surface area (TPSA) is 87.5 Å². The number of aryl methyl sites for hydroxylation is 2. The summed E-state index contributed by atoms with van der Waals surface area (Å²) in [7, 11) is 1.83. The molecule has 0 bridgehead atoms. The number of benzene rings is 1. The third kappa shape index (κ3) is 3.24. The van der Waals surface area contributed by atoms with Gasteiger partial charge in [-0.2, -0.15) is 5.10 Å². The molecule has 2 amide bonds.